The molecule has 0 unspecified atom stereocenters. The molecule has 0 radical (unpaired) electrons. The van der Waals surface area contributed by atoms with Crippen LogP contribution in [-0.4, -0.2) is 75.1 Å². The number of hydrogen-bond donors (Lipinski definition) is 6. The molecular weight excluding hydrogens is 500 g/mol. The van der Waals surface area contributed by atoms with Crippen molar-refractivity contribution >= 4 is 10.4 Å². The molecule has 37 heavy (non-hydrogen) atoms. The van der Waals surface area contributed by atoms with Gasteiger partial charge in [-0.3, -0.25) is 4.55 Å². The number of aliphatic hydroxyl groups excluding tert-OH is 4. The van der Waals surface area contributed by atoms with Crippen LogP contribution in [0.4, 0.5) is 0 Å². The van der Waals surface area contributed by atoms with Crippen LogP contribution in [0.25, 0.3) is 0 Å². The van der Waals surface area contributed by atoms with Crippen LogP contribution in [0.1, 0.15) is 85.5 Å². The summed E-state index contributed by atoms with van der Waals surface area (Å²) < 4.78 is 38.8. The Bertz CT molecular complexity index is 929. The molecule has 4 rings (SSSR count). The molecule has 4 fully saturated rings. The molecule has 9 nitrogen and oxygen atoms in total. The molecule has 4 aliphatic carbocycles. The van der Waals surface area contributed by atoms with Crippen molar-refractivity contribution in [1.29, 1.82) is 0 Å². The third-order valence-electron chi connectivity index (χ3n) is 11.5. The first-order valence-corrected chi connectivity index (χ1v) is 15.5. The predicted octanol–water partition coefficient (Wildman–Crippen LogP) is 2.30. The molecule has 4 saturated carbocycles. The fourth-order valence-electron chi connectivity index (χ4n) is 9.66. The highest BCUT2D eigenvalue weighted by Crippen LogP contribution is 2.69. The summed E-state index contributed by atoms with van der Waals surface area (Å²) in [4.78, 5) is 0. The van der Waals surface area contributed by atoms with Crippen LogP contribution in [0.15, 0.2) is 0 Å². The van der Waals surface area contributed by atoms with Crippen molar-refractivity contribution in [3.8, 4) is 0 Å². The van der Waals surface area contributed by atoms with E-state index in [1.165, 1.54) is 0 Å². The Labute approximate surface area is 221 Å². The molecule has 0 bridgehead atoms. The molecule has 6 N–H and O–H groups in total. The summed E-state index contributed by atoms with van der Waals surface area (Å²) in [5, 5.41) is 54.3. The predicted molar refractivity (Wildman–Crippen MR) is 137 cm³/mol. The fourth-order valence-corrected chi connectivity index (χ4v) is 10.2. The van der Waals surface area contributed by atoms with E-state index in [0.29, 0.717) is 19.3 Å². The van der Waals surface area contributed by atoms with Gasteiger partial charge in [-0.05, 0) is 79.4 Å². The van der Waals surface area contributed by atoms with Crippen molar-refractivity contribution in [1.82, 2.24) is 0 Å². The monoisotopic (exact) mass is 548 g/mol. The quantitative estimate of drug-likeness (QED) is 0.250. The van der Waals surface area contributed by atoms with Gasteiger partial charge in [0.2, 0.25) is 0 Å². The van der Waals surface area contributed by atoms with E-state index in [1.54, 1.807) is 0 Å². The van der Waals surface area contributed by atoms with E-state index in [4.69, 9.17) is 4.18 Å². The van der Waals surface area contributed by atoms with Crippen LogP contribution >= 0.6 is 0 Å². The molecule has 0 saturated heterocycles. The summed E-state index contributed by atoms with van der Waals surface area (Å²) in [6.07, 6.45) is 1.35. The molecule has 0 heterocycles. The average molecular weight is 549 g/mol. The Balaban J connectivity index is 1.69. The summed E-state index contributed by atoms with van der Waals surface area (Å²) in [7, 11) is -4.84. The summed E-state index contributed by atoms with van der Waals surface area (Å²) in [6.45, 7) is 8.25. The van der Waals surface area contributed by atoms with Gasteiger partial charge in [0.05, 0.1) is 23.9 Å². The summed E-state index contributed by atoms with van der Waals surface area (Å²) in [5.74, 6) is -0.741. The Morgan fingerprint density at radius 3 is 2.35 bits per heavy atom. The molecule has 0 spiro atoms. The third kappa shape index (κ3) is 4.92. The summed E-state index contributed by atoms with van der Waals surface area (Å²) in [5.41, 5.74) is -2.60. The molecule has 13 atom stereocenters. The van der Waals surface area contributed by atoms with Gasteiger partial charge in [-0.25, -0.2) is 4.18 Å². The lowest BCUT2D eigenvalue weighted by Gasteiger charge is -2.65. The minimum atomic E-state index is -4.84. The Kier molecular flexibility index (Phi) is 8.21. The van der Waals surface area contributed by atoms with E-state index in [1.807, 2.05) is 13.8 Å². The molecule has 216 valence electrons. The normalized spacial score (nSPS) is 49.6. The summed E-state index contributed by atoms with van der Waals surface area (Å²) >= 11 is 0. The standard InChI is InChI=1S/C27H48O9S/c1-15(14-28)6-5-7-16(2)21-23(31)24(36-37(33,34)35)22-18-12-20(30)27(32)13-17(29)8-11-26(27,4)19(18)9-10-25(21,22)3/h15-24,28-32H,5-14H2,1-4H3,(H,33,34,35)/t15-,16-,17+,18-,19+,20-,21+,22-,23-,24-,25-,26-,27+/m1/s1. The zero-order chi connectivity index (χ0) is 27.6. The van der Waals surface area contributed by atoms with E-state index in [-0.39, 0.29) is 49.0 Å². The maximum Gasteiger partial charge on any atom is 0.397 e. The SMILES string of the molecule is C[C@@H](CO)CCC[C@@H](C)[C@H]1[C@@H](O)[C@H](OS(=O)(=O)O)[C@H]2[C@@H]3C[C@@H](O)[C@@]4(O)C[C@@H](O)CC[C@]4(C)[C@H]3CC[C@@]21C. The van der Waals surface area contributed by atoms with Gasteiger partial charge in [0.1, 0.15) is 6.10 Å². The van der Waals surface area contributed by atoms with Gasteiger partial charge < -0.3 is 25.5 Å². The molecule has 0 aliphatic heterocycles. The van der Waals surface area contributed by atoms with Crippen LogP contribution in [0.3, 0.4) is 0 Å². The van der Waals surface area contributed by atoms with Gasteiger partial charge in [0, 0.05) is 18.4 Å². The first kappa shape index (κ1) is 29.6. The van der Waals surface area contributed by atoms with Crippen molar-refractivity contribution in [2.45, 2.75) is 115 Å². The third-order valence-corrected chi connectivity index (χ3v) is 11.9. The maximum atomic E-state index is 12.0. The zero-order valence-electron chi connectivity index (χ0n) is 22.7. The number of aliphatic hydroxyl groups is 5. The van der Waals surface area contributed by atoms with Gasteiger partial charge in [0.25, 0.3) is 0 Å². The lowest BCUT2D eigenvalue weighted by Crippen LogP contribution is -2.69. The molecule has 0 aromatic rings. The van der Waals surface area contributed by atoms with Crippen molar-refractivity contribution in [3.63, 3.8) is 0 Å². The second-order valence-electron chi connectivity index (χ2n) is 13.5. The van der Waals surface area contributed by atoms with E-state index in [0.717, 1.165) is 25.7 Å². The van der Waals surface area contributed by atoms with E-state index < -0.39 is 57.2 Å². The van der Waals surface area contributed by atoms with Gasteiger partial charge in [-0.2, -0.15) is 8.42 Å². The van der Waals surface area contributed by atoms with E-state index in [2.05, 4.69) is 13.8 Å². The van der Waals surface area contributed by atoms with Crippen molar-refractivity contribution in [2.75, 3.05) is 6.61 Å². The Morgan fingerprint density at radius 2 is 1.73 bits per heavy atom. The van der Waals surface area contributed by atoms with E-state index in [9.17, 15) is 38.5 Å². The number of rotatable bonds is 8. The zero-order valence-corrected chi connectivity index (χ0v) is 23.5. The number of fused-ring (bicyclic) bond motifs is 5. The molecule has 4 aliphatic rings. The fraction of sp³-hybridized carbons (Fsp3) is 1.00. The molecule has 10 heteroatoms. The molecular formula is C27H48O9S. The van der Waals surface area contributed by atoms with Crippen molar-refractivity contribution in [3.05, 3.63) is 0 Å². The first-order valence-electron chi connectivity index (χ1n) is 14.1. The smallest absolute Gasteiger partial charge is 0.396 e. The highest BCUT2D eigenvalue weighted by atomic mass is 32.3. The topological polar surface area (TPSA) is 165 Å². The minimum Gasteiger partial charge on any atom is -0.396 e. The summed E-state index contributed by atoms with van der Waals surface area (Å²) in [6, 6.07) is 0. The van der Waals surface area contributed by atoms with Crippen LogP contribution in [0.5, 0.6) is 0 Å². The van der Waals surface area contributed by atoms with Crippen LogP contribution in [0, 0.1) is 46.3 Å². The van der Waals surface area contributed by atoms with Crippen LogP contribution < -0.4 is 0 Å². The van der Waals surface area contributed by atoms with Gasteiger partial charge in [0.15, 0.2) is 0 Å². The van der Waals surface area contributed by atoms with Gasteiger partial charge >= 0.3 is 10.4 Å². The van der Waals surface area contributed by atoms with Gasteiger partial charge in [-0.1, -0.05) is 40.5 Å². The first-order chi connectivity index (χ1) is 17.1. The van der Waals surface area contributed by atoms with Crippen molar-refractivity contribution in [2.24, 2.45) is 46.3 Å². The molecule has 0 aromatic heterocycles. The second-order valence-corrected chi connectivity index (χ2v) is 14.6. The lowest BCUT2D eigenvalue weighted by molar-refractivity contribution is -0.267. The Hall–Kier alpha value is -0.330. The minimum absolute atomic E-state index is 0.0470. The Morgan fingerprint density at radius 1 is 1.05 bits per heavy atom. The highest BCUT2D eigenvalue weighted by Gasteiger charge is 2.71. The second kappa shape index (κ2) is 10.3. The highest BCUT2D eigenvalue weighted by molar-refractivity contribution is 7.80. The van der Waals surface area contributed by atoms with Crippen molar-refractivity contribution < 1.29 is 42.7 Å². The molecule has 0 amide bonds. The molecule has 0 aromatic carbocycles. The number of hydrogen-bond acceptors (Lipinski definition) is 8. The van der Waals surface area contributed by atoms with Crippen LogP contribution in [0.2, 0.25) is 0 Å². The van der Waals surface area contributed by atoms with Crippen LogP contribution in [-0.2, 0) is 14.6 Å². The van der Waals surface area contributed by atoms with Gasteiger partial charge in [-0.15, -0.1) is 0 Å². The van der Waals surface area contributed by atoms with E-state index >= 15 is 0 Å². The lowest BCUT2D eigenvalue weighted by atomic mass is 9.42. The average Bonchev–Trinajstić information content (AvgIpc) is 3.00. The largest absolute Gasteiger partial charge is 0.397 e. The maximum absolute atomic E-state index is 12.0.